The van der Waals surface area contributed by atoms with Crippen molar-refractivity contribution in [1.29, 1.82) is 0 Å². The monoisotopic (exact) mass is 240 g/mol. The summed E-state index contributed by atoms with van der Waals surface area (Å²) in [7, 11) is 0. The van der Waals surface area contributed by atoms with E-state index in [1.54, 1.807) is 0 Å². The molecule has 1 N–H and O–H groups in total. The van der Waals surface area contributed by atoms with Crippen LogP contribution in [0, 0.1) is 17.3 Å². The summed E-state index contributed by atoms with van der Waals surface area (Å²) in [5.74, 6) is 0.135. The molecule has 0 heterocycles. The van der Waals surface area contributed by atoms with Crippen molar-refractivity contribution < 1.29 is 9.90 Å². The molecule has 100 valence electrons. The maximum absolute atomic E-state index is 11.6. The van der Waals surface area contributed by atoms with Crippen molar-refractivity contribution in [2.45, 2.75) is 72.1 Å². The van der Waals surface area contributed by atoms with Gasteiger partial charge in [0, 0.05) is 0 Å². The lowest BCUT2D eigenvalue weighted by atomic mass is 9.60. The number of hydrogen-bond donors (Lipinski definition) is 1. The molecule has 2 heteroatoms. The lowest BCUT2D eigenvalue weighted by Crippen LogP contribution is -2.44. The zero-order valence-electron chi connectivity index (χ0n) is 11.7. The topological polar surface area (TPSA) is 37.3 Å². The van der Waals surface area contributed by atoms with E-state index in [2.05, 4.69) is 13.8 Å². The van der Waals surface area contributed by atoms with E-state index in [-0.39, 0.29) is 0 Å². The van der Waals surface area contributed by atoms with Crippen LogP contribution in [0.1, 0.15) is 72.1 Å². The van der Waals surface area contributed by atoms with Gasteiger partial charge in [-0.1, -0.05) is 46.0 Å². The normalized spacial score (nSPS) is 33.6. The van der Waals surface area contributed by atoms with Gasteiger partial charge < -0.3 is 5.11 Å². The predicted octanol–water partition coefficient (Wildman–Crippen LogP) is 4.48. The van der Waals surface area contributed by atoms with Crippen molar-refractivity contribution in [1.82, 2.24) is 0 Å². The third-order valence-corrected chi connectivity index (χ3v) is 4.93. The molecule has 1 saturated carbocycles. The van der Waals surface area contributed by atoms with Gasteiger partial charge in [0.05, 0.1) is 5.41 Å². The molecule has 3 unspecified atom stereocenters. The second-order valence-corrected chi connectivity index (χ2v) is 5.97. The molecule has 1 aliphatic carbocycles. The summed E-state index contributed by atoms with van der Waals surface area (Å²) in [6.45, 7) is 6.31. The lowest BCUT2D eigenvalue weighted by Gasteiger charge is -2.43. The zero-order valence-corrected chi connectivity index (χ0v) is 11.7. The van der Waals surface area contributed by atoms with Crippen LogP contribution in [0.2, 0.25) is 0 Å². The Bertz CT molecular complexity index is 249. The van der Waals surface area contributed by atoms with Gasteiger partial charge in [0.1, 0.15) is 0 Å². The Kier molecular flexibility index (Phi) is 5.48. The van der Waals surface area contributed by atoms with Gasteiger partial charge in [-0.25, -0.2) is 0 Å². The number of unbranched alkanes of at least 4 members (excludes halogenated alkanes) is 3. The quantitative estimate of drug-likeness (QED) is 0.695. The van der Waals surface area contributed by atoms with Crippen LogP contribution >= 0.6 is 0 Å². The maximum atomic E-state index is 11.6. The molecule has 1 aliphatic rings. The molecule has 0 aromatic rings. The highest BCUT2D eigenvalue weighted by molar-refractivity contribution is 5.75. The first-order valence-electron chi connectivity index (χ1n) is 7.26. The molecule has 0 spiro atoms. The summed E-state index contributed by atoms with van der Waals surface area (Å²) in [4.78, 5) is 11.6. The van der Waals surface area contributed by atoms with E-state index in [4.69, 9.17) is 0 Å². The summed E-state index contributed by atoms with van der Waals surface area (Å²) >= 11 is 0. The standard InChI is InChI=1S/C15H28O2/c1-4-5-6-7-10-13-11-8-9-12(2)15(13,3)14(16)17/h12-13H,4-11H2,1-3H3,(H,16,17). The van der Waals surface area contributed by atoms with Crippen LogP contribution in [0.15, 0.2) is 0 Å². The highest BCUT2D eigenvalue weighted by Gasteiger charge is 2.47. The molecule has 2 nitrogen and oxygen atoms in total. The van der Waals surface area contributed by atoms with Crippen molar-refractivity contribution in [3.63, 3.8) is 0 Å². The van der Waals surface area contributed by atoms with E-state index >= 15 is 0 Å². The fourth-order valence-corrected chi connectivity index (χ4v) is 3.32. The minimum Gasteiger partial charge on any atom is -0.481 e. The van der Waals surface area contributed by atoms with Gasteiger partial charge in [-0.2, -0.15) is 0 Å². The first-order chi connectivity index (χ1) is 8.03. The fraction of sp³-hybridized carbons (Fsp3) is 0.933. The van der Waals surface area contributed by atoms with Crippen LogP contribution in [0.3, 0.4) is 0 Å². The maximum Gasteiger partial charge on any atom is 0.309 e. The largest absolute Gasteiger partial charge is 0.481 e. The van der Waals surface area contributed by atoms with Gasteiger partial charge in [-0.15, -0.1) is 0 Å². The molecule has 1 fully saturated rings. The third kappa shape index (κ3) is 3.23. The fourth-order valence-electron chi connectivity index (χ4n) is 3.32. The van der Waals surface area contributed by atoms with Gasteiger partial charge in [0.25, 0.3) is 0 Å². The highest BCUT2D eigenvalue weighted by atomic mass is 16.4. The molecular weight excluding hydrogens is 212 g/mol. The van der Waals surface area contributed by atoms with Gasteiger partial charge in [0.15, 0.2) is 0 Å². The molecule has 0 bridgehead atoms. The van der Waals surface area contributed by atoms with E-state index in [0.29, 0.717) is 11.8 Å². The van der Waals surface area contributed by atoms with Crippen LogP contribution in [0.5, 0.6) is 0 Å². The summed E-state index contributed by atoms with van der Waals surface area (Å²) in [5.41, 5.74) is -0.482. The molecule has 0 radical (unpaired) electrons. The average molecular weight is 240 g/mol. The smallest absolute Gasteiger partial charge is 0.309 e. The van der Waals surface area contributed by atoms with Crippen molar-refractivity contribution in [2.75, 3.05) is 0 Å². The van der Waals surface area contributed by atoms with Gasteiger partial charge in [-0.05, 0) is 38.0 Å². The molecule has 17 heavy (non-hydrogen) atoms. The van der Waals surface area contributed by atoms with Crippen molar-refractivity contribution in [3.05, 3.63) is 0 Å². The molecular formula is C15H28O2. The van der Waals surface area contributed by atoms with Crippen molar-refractivity contribution in [2.24, 2.45) is 17.3 Å². The molecule has 0 saturated heterocycles. The number of carboxylic acids is 1. The molecule has 3 atom stereocenters. The van der Waals surface area contributed by atoms with Gasteiger partial charge in [0.2, 0.25) is 0 Å². The van der Waals surface area contributed by atoms with E-state index in [9.17, 15) is 9.90 Å². The second kappa shape index (κ2) is 6.42. The van der Waals surface area contributed by atoms with E-state index in [1.165, 1.54) is 32.1 Å². The number of carbonyl (C=O) groups is 1. The molecule has 0 aromatic carbocycles. The number of rotatable bonds is 6. The minimum atomic E-state index is -0.579. The lowest BCUT2D eigenvalue weighted by molar-refractivity contribution is -0.158. The summed E-state index contributed by atoms with van der Waals surface area (Å²) in [5, 5.41) is 9.54. The van der Waals surface area contributed by atoms with Gasteiger partial charge in [-0.3, -0.25) is 4.79 Å². The van der Waals surface area contributed by atoms with Crippen molar-refractivity contribution in [3.8, 4) is 0 Å². The summed E-state index contributed by atoms with van der Waals surface area (Å²) in [6, 6.07) is 0. The van der Waals surface area contributed by atoms with E-state index in [0.717, 1.165) is 19.3 Å². The SMILES string of the molecule is CCCCCCC1CCCC(C)C1(C)C(=O)O. The molecule has 1 rings (SSSR count). The van der Waals surface area contributed by atoms with Crippen LogP contribution in [-0.4, -0.2) is 11.1 Å². The molecule has 0 aromatic heterocycles. The Hall–Kier alpha value is -0.530. The molecule has 0 aliphatic heterocycles. The van der Waals surface area contributed by atoms with Gasteiger partial charge >= 0.3 is 5.97 Å². The number of hydrogen-bond acceptors (Lipinski definition) is 1. The highest BCUT2D eigenvalue weighted by Crippen LogP contribution is 2.47. The Morgan fingerprint density at radius 1 is 1.29 bits per heavy atom. The Balaban J connectivity index is 2.57. The third-order valence-electron chi connectivity index (χ3n) is 4.93. The zero-order chi connectivity index (χ0) is 12.9. The predicted molar refractivity (Wildman–Crippen MR) is 71.0 cm³/mol. The average Bonchev–Trinajstić information content (AvgIpc) is 2.29. The Labute approximate surface area is 106 Å². The Morgan fingerprint density at radius 3 is 2.59 bits per heavy atom. The van der Waals surface area contributed by atoms with Crippen LogP contribution < -0.4 is 0 Å². The van der Waals surface area contributed by atoms with Crippen LogP contribution in [0.4, 0.5) is 0 Å². The number of aliphatic carboxylic acids is 1. The molecule has 0 amide bonds. The minimum absolute atomic E-state index is 0.324. The first kappa shape index (κ1) is 14.5. The first-order valence-corrected chi connectivity index (χ1v) is 7.26. The Morgan fingerprint density at radius 2 is 2.00 bits per heavy atom. The summed E-state index contributed by atoms with van der Waals surface area (Å²) < 4.78 is 0. The van der Waals surface area contributed by atoms with E-state index in [1.807, 2.05) is 6.92 Å². The van der Waals surface area contributed by atoms with Crippen LogP contribution in [-0.2, 0) is 4.79 Å². The van der Waals surface area contributed by atoms with Crippen molar-refractivity contribution >= 4 is 5.97 Å². The second-order valence-electron chi connectivity index (χ2n) is 5.97. The van der Waals surface area contributed by atoms with Crippen LogP contribution in [0.25, 0.3) is 0 Å². The summed E-state index contributed by atoms with van der Waals surface area (Å²) in [6.07, 6.45) is 9.50. The number of carboxylic acid groups (broad SMARTS) is 1. The van der Waals surface area contributed by atoms with E-state index < -0.39 is 11.4 Å².